The molecule has 2 heterocycles. The Morgan fingerprint density at radius 2 is 1.88 bits per heavy atom. The van der Waals surface area contributed by atoms with Gasteiger partial charge in [0.15, 0.2) is 0 Å². The van der Waals surface area contributed by atoms with E-state index in [1.165, 1.54) is 17.8 Å². The third-order valence-corrected chi connectivity index (χ3v) is 4.88. The van der Waals surface area contributed by atoms with Crippen LogP contribution in [-0.2, 0) is 6.42 Å². The molecule has 5 nitrogen and oxygen atoms in total. The van der Waals surface area contributed by atoms with Gasteiger partial charge in [0.2, 0.25) is 0 Å². The van der Waals surface area contributed by atoms with Gasteiger partial charge in [-0.25, -0.2) is 4.98 Å². The average Bonchev–Trinajstić information content (AvgIpc) is 2.93. The van der Waals surface area contributed by atoms with Crippen molar-refractivity contribution in [3.8, 4) is 0 Å². The third-order valence-electron chi connectivity index (χ3n) is 3.97. The normalized spacial score (nSPS) is 15.6. The predicted molar refractivity (Wildman–Crippen MR) is 106 cm³/mol. The Labute approximate surface area is 161 Å². The molecule has 1 aliphatic heterocycles. The summed E-state index contributed by atoms with van der Waals surface area (Å²) in [5.41, 5.74) is 6.48. The molecule has 2 N–H and O–H groups in total. The fourth-order valence-electron chi connectivity index (χ4n) is 2.48. The van der Waals surface area contributed by atoms with E-state index in [2.05, 4.69) is 30.7 Å². The molecule has 24 heavy (non-hydrogen) atoms. The topological polar surface area (TPSA) is 62.5 Å². The van der Waals surface area contributed by atoms with Crippen LogP contribution < -0.4 is 5.73 Å². The van der Waals surface area contributed by atoms with Crippen LogP contribution in [0.5, 0.6) is 0 Å². The van der Waals surface area contributed by atoms with Gasteiger partial charge in [-0.3, -0.25) is 9.69 Å². The molecule has 8 heteroatoms. The van der Waals surface area contributed by atoms with Crippen molar-refractivity contribution in [3.05, 3.63) is 16.1 Å². The number of amides is 1. The molecule has 0 unspecified atom stereocenters. The molecule has 0 atom stereocenters. The molecule has 0 saturated carbocycles. The van der Waals surface area contributed by atoms with Crippen LogP contribution in [0.3, 0.4) is 0 Å². The molecule has 1 aliphatic rings. The molecule has 1 fully saturated rings. The Morgan fingerprint density at radius 3 is 2.42 bits per heavy atom. The van der Waals surface area contributed by atoms with Crippen molar-refractivity contribution in [1.29, 1.82) is 0 Å². The Morgan fingerprint density at radius 1 is 1.25 bits per heavy atom. The summed E-state index contributed by atoms with van der Waals surface area (Å²) in [6, 6.07) is 0. The maximum Gasteiger partial charge on any atom is 0.273 e. The van der Waals surface area contributed by atoms with Crippen LogP contribution in [0, 0.1) is 5.41 Å². The average molecular weight is 397 g/mol. The molecule has 1 aromatic rings. The molecule has 140 valence electrons. The number of thiazole rings is 1. The molecule has 0 radical (unpaired) electrons. The van der Waals surface area contributed by atoms with Crippen molar-refractivity contribution in [2.75, 3.05) is 39.3 Å². The lowest BCUT2D eigenvalue weighted by Gasteiger charge is -2.35. The molecule has 0 bridgehead atoms. The summed E-state index contributed by atoms with van der Waals surface area (Å²) in [5.74, 6) is 0.0648. The van der Waals surface area contributed by atoms with Gasteiger partial charge in [-0.1, -0.05) is 20.8 Å². The van der Waals surface area contributed by atoms with Crippen LogP contribution in [0.1, 0.15) is 42.7 Å². The highest BCUT2D eigenvalue weighted by Crippen LogP contribution is 2.19. The number of carbonyl (C=O) groups is 1. The van der Waals surface area contributed by atoms with Gasteiger partial charge in [0.1, 0.15) is 5.69 Å². The van der Waals surface area contributed by atoms with Crippen LogP contribution in [0.15, 0.2) is 5.38 Å². The van der Waals surface area contributed by atoms with Crippen molar-refractivity contribution in [3.63, 3.8) is 0 Å². The number of nitrogens with two attached hydrogens (primary N) is 1. The second-order valence-electron chi connectivity index (χ2n) is 7.11. The SMILES string of the molecule is CC(C)(C)CCN1CCN(C(=O)c2csc(CCN)n2)CC1.Cl.Cl. The number of carbonyl (C=O) groups excluding carboxylic acids is 1. The zero-order chi connectivity index (χ0) is 16.2. The number of piperazine rings is 1. The van der Waals surface area contributed by atoms with Crippen molar-refractivity contribution in [1.82, 2.24) is 14.8 Å². The number of halogens is 2. The fourth-order valence-corrected chi connectivity index (χ4v) is 3.27. The first-order valence-corrected chi connectivity index (χ1v) is 8.93. The number of aromatic nitrogens is 1. The van der Waals surface area contributed by atoms with E-state index in [4.69, 9.17) is 5.73 Å². The van der Waals surface area contributed by atoms with Gasteiger partial charge < -0.3 is 10.6 Å². The lowest BCUT2D eigenvalue weighted by molar-refractivity contribution is 0.0618. The molecular weight excluding hydrogens is 367 g/mol. The van der Waals surface area contributed by atoms with Crippen LogP contribution in [0.25, 0.3) is 0 Å². The maximum atomic E-state index is 12.5. The van der Waals surface area contributed by atoms with E-state index in [0.717, 1.165) is 44.2 Å². The Balaban J connectivity index is 0.00000264. The van der Waals surface area contributed by atoms with Crippen molar-refractivity contribution in [2.24, 2.45) is 11.1 Å². The van der Waals surface area contributed by atoms with Gasteiger partial charge in [0.05, 0.1) is 5.01 Å². The van der Waals surface area contributed by atoms with E-state index in [1.54, 1.807) is 0 Å². The van der Waals surface area contributed by atoms with E-state index >= 15 is 0 Å². The lowest BCUT2D eigenvalue weighted by Crippen LogP contribution is -2.49. The fraction of sp³-hybridized carbons (Fsp3) is 0.750. The summed E-state index contributed by atoms with van der Waals surface area (Å²) < 4.78 is 0. The Hall–Kier alpha value is -0.400. The smallest absolute Gasteiger partial charge is 0.273 e. The van der Waals surface area contributed by atoms with E-state index in [1.807, 2.05) is 10.3 Å². The third kappa shape index (κ3) is 7.23. The minimum absolute atomic E-state index is 0. The zero-order valence-corrected chi connectivity index (χ0v) is 17.2. The first-order chi connectivity index (χ1) is 10.4. The van der Waals surface area contributed by atoms with E-state index in [-0.39, 0.29) is 30.7 Å². The van der Waals surface area contributed by atoms with Crippen LogP contribution in [-0.4, -0.2) is 60.0 Å². The summed E-state index contributed by atoms with van der Waals surface area (Å²) in [4.78, 5) is 21.2. The van der Waals surface area contributed by atoms with Gasteiger partial charge in [-0.2, -0.15) is 0 Å². The first kappa shape index (κ1) is 23.6. The van der Waals surface area contributed by atoms with Gasteiger partial charge in [-0.15, -0.1) is 36.2 Å². The van der Waals surface area contributed by atoms with E-state index < -0.39 is 0 Å². The summed E-state index contributed by atoms with van der Waals surface area (Å²) in [6.07, 6.45) is 1.94. The summed E-state index contributed by atoms with van der Waals surface area (Å²) in [5, 5.41) is 2.81. The van der Waals surface area contributed by atoms with Gasteiger partial charge in [0.25, 0.3) is 5.91 Å². The van der Waals surface area contributed by atoms with E-state index in [9.17, 15) is 4.79 Å². The maximum absolute atomic E-state index is 12.5. The van der Waals surface area contributed by atoms with Crippen molar-refractivity contribution < 1.29 is 4.79 Å². The van der Waals surface area contributed by atoms with Crippen LogP contribution >= 0.6 is 36.2 Å². The molecule has 1 amide bonds. The number of rotatable bonds is 5. The van der Waals surface area contributed by atoms with Gasteiger partial charge in [-0.05, 0) is 24.9 Å². The lowest BCUT2D eigenvalue weighted by atomic mass is 9.92. The minimum atomic E-state index is 0. The van der Waals surface area contributed by atoms with Crippen molar-refractivity contribution >= 4 is 42.1 Å². The molecular formula is C16H30Cl2N4OS. The summed E-state index contributed by atoms with van der Waals surface area (Å²) in [6.45, 7) is 12.0. The molecule has 2 rings (SSSR count). The number of hydrogen-bond donors (Lipinski definition) is 1. The quantitative estimate of drug-likeness (QED) is 0.830. The Kier molecular flexibility index (Phi) is 10.4. The molecule has 1 aromatic heterocycles. The molecule has 0 aliphatic carbocycles. The summed E-state index contributed by atoms with van der Waals surface area (Å²) >= 11 is 1.53. The molecule has 0 spiro atoms. The number of nitrogens with zero attached hydrogens (tertiary/aromatic N) is 3. The van der Waals surface area contributed by atoms with Gasteiger partial charge >= 0.3 is 0 Å². The molecule has 0 aromatic carbocycles. The molecule has 1 saturated heterocycles. The highest BCUT2D eigenvalue weighted by Gasteiger charge is 2.24. The van der Waals surface area contributed by atoms with Gasteiger partial charge in [0, 0.05) is 38.0 Å². The Bertz CT molecular complexity index is 497. The second kappa shape index (κ2) is 10.6. The summed E-state index contributed by atoms with van der Waals surface area (Å²) in [7, 11) is 0. The first-order valence-electron chi connectivity index (χ1n) is 8.05. The van der Waals surface area contributed by atoms with Crippen LogP contribution in [0.2, 0.25) is 0 Å². The second-order valence-corrected chi connectivity index (χ2v) is 8.05. The largest absolute Gasteiger partial charge is 0.335 e. The predicted octanol–water partition coefficient (Wildman–Crippen LogP) is 2.68. The zero-order valence-electron chi connectivity index (χ0n) is 14.8. The highest BCUT2D eigenvalue weighted by molar-refractivity contribution is 7.09. The van der Waals surface area contributed by atoms with Crippen molar-refractivity contribution in [2.45, 2.75) is 33.6 Å². The minimum Gasteiger partial charge on any atom is -0.335 e. The monoisotopic (exact) mass is 396 g/mol. The van der Waals surface area contributed by atoms with Crippen LogP contribution in [0.4, 0.5) is 0 Å². The highest BCUT2D eigenvalue weighted by atomic mass is 35.5. The standard InChI is InChI=1S/C16H28N4OS.2ClH/c1-16(2,3)5-7-19-8-10-20(11-9-19)15(21)13-12-22-14(18-13)4-6-17;;/h12H,4-11,17H2,1-3H3;2*1H. The van der Waals surface area contributed by atoms with E-state index in [0.29, 0.717) is 17.7 Å². The number of hydrogen-bond acceptors (Lipinski definition) is 5.